The Morgan fingerprint density at radius 3 is 2.50 bits per heavy atom. The van der Waals surface area contributed by atoms with Crippen molar-refractivity contribution >= 4 is 6.47 Å². The van der Waals surface area contributed by atoms with Gasteiger partial charge in [-0.15, -0.1) is 0 Å². The van der Waals surface area contributed by atoms with Gasteiger partial charge >= 0.3 is 6.47 Å². The Labute approximate surface area is 60.2 Å². The first-order valence-corrected chi connectivity index (χ1v) is 3.69. The molecule has 0 aromatic carbocycles. The van der Waals surface area contributed by atoms with E-state index in [4.69, 9.17) is 4.89 Å². The van der Waals surface area contributed by atoms with Gasteiger partial charge in [-0.2, -0.15) is 4.89 Å². The molecule has 0 aliphatic heterocycles. The van der Waals surface area contributed by atoms with Crippen molar-refractivity contribution in [1.82, 2.24) is 0 Å². The van der Waals surface area contributed by atoms with E-state index in [1.807, 2.05) is 0 Å². The van der Waals surface area contributed by atoms with E-state index in [1.165, 1.54) is 19.3 Å². The molecule has 0 aromatic heterocycles. The zero-order valence-corrected chi connectivity index (χ0v) is 5.91. The van der Waals surface area contributed by atoms with Gasteiger partial charge in [-0.3, -0.25) is 4.79 Å². The standard InChI is InChI=1S/C7H12O3/c8-6-9-10-7-4-2-1-3-5-7/h6-7H,1-5H2. The number of hydrogen-bond acceptors (Lipinski definition) is 3. The van der Waals surface area contributed by atoms with Gasteiger partial charge in [-0.25, -0.2) is 0 Å². The third-order valence-corrected chi connectivity index (χ3v) is 1.78. The lowest BCUT2D eigenvalue weighted by atomic mass is 9.98. The lowest BCUT2D eigenvalue weighted by Gasteiger charge is -2.18. The van der Waals surface area contributed by atoms with Crippen molar-refractivity contribution < 1.29 is 14.6 Å². The van der Waals surface area contributed by atoms with Gasteiger partial charge in [0.05, 0.1) is 0 Å². The molecule has 0 N–H and O–H groups in total. The number of rotatable bonds is 3. The fourth-order valence-corrected chi connectivity index (χ4v) is 1.26. The van der Waals surface area contributed by atoms with Crippen LogP contribution in [0, 0.1) is 0 Å². The van der Waals surface area contributed by atoms with E-state index in [2.05, 4.69) is 4.89 Å². The normalized spacial score (nSPS) is 20.4. The highest BCUT2D eigenvalue weighted by atomic mass is 17.2. The second kappa shape index (κ2) is 4.28. The van der Waals surface area contributed by atoms with Crippen LogP contribution < -0.4 is 0 Å². The molecule has 0 atom stereocenters. The molecule has 1 rings (SSSR count). The minimum absolute atomic E-state index is 0.152. The van der Waals surface area contributed by atoms with Crippen molar-refractivity contribution in [2.75, 3.05) is 0 Å². The molecule has 0 radical (unpaired) electrons. The summed E-state index contributed by atoms with van der Waals surface area (Å²) >= 11 is 0. The maximum atomic E-state index is 9.70. The molecule has 0 spiro atoms. The average Bonchev–Trinajstić information content (AvgIpc) is 2.03. The zero-order valence-electron chi connectivity index (χ0n) is 5.91. The van der Waals surface area contributed by atoms with E-state index in [0.29, 0.717) is 6.47 Å². The summed E-state index contributed by atoms with van der Waals surface area (Å²) in [6.07, 6.45) is 5.85. The first-order chi connectivity index (χ1) is 4.93. The van der Waals surface area contributed by atoms with E-state index < -0.39 is 0 Å². The van der Waals surface area contributed by atoms with Crippen LogP contribution in [0.1, 0.15) is 32.1 Å². The molecule has 0 bridgehead atoms. The third kappa shape index (κ3) is 2.35. The van der Waals surface area contributed by atoms with Gasteiger partial charge in [-0.1, -0.05) is 19.3 Å². The van der Waals surface area contributed by atoms with Gasteiger partial charge in [-0.05, 0) is 12.8 Å². The highest BCUT2D eigenvalue weighted by Crippen LogP contribution is 2.19. The SMILES string of the molecule is O=COOC1CCCCC1. The summed E-state index contributed by atoms with van der Waals surface area (Å²) in [7, 11) is 0. The van der Waals surface area contributed by atoms with E-state index in [-0.39, 0.29) is 6.10 Å². The topological polar surface area (TPSA) is 35.5 Å². The van der Waals surface area contributed by atoms with Gasteiger partial charge < -0.3 is 4.89 Å². The van der Waals surface area contributed by atoms with Crippen LogP contribution in [-0.4, -0.2) is 12.6 Å². The van der Waals surface area contributed by atoms with Crippen LogP contribution in [0.2, 0.25) is 0 Å². The Bertz CT molecular complexity index is 97.0. The molecule has 1 saturated carbocycles. The lowest BCUT2D eigenvalue weighted by molar-refractivity contribution is -0.290. The Hall–Kier alpha value is -0.570. The van der Waals surface area contributed by atoms with Crippen molar-refractivity contribution in [2.45, 2.75) is 38.2 Å². The predicted octanol–water partition coefficient (Wildman–Crippen LogP) is 1.42. The summed E-state index contributed by atoms with van der Waals surface area (Å²) in [4.78, 5) is 18.7. The highest BCUT2D eigenvalue weighted by molar-refractivity contribution is 5.35. The van der Waals surface area contributed by atoms with Crippen LogP contribution in [0.15, 0.2) is 0 Å². The van der Waals surface area contributed by atoms with Crippen molar-refractivity contribution in [3.63, 3.8) is 0 Å². The largest absolute Gasteiger partial charge is 0.330 e. The van der Waals surface area contributed by atoms with Crippen LogP contribution in [0.5, 0.6) is 0 Å². The van der Waals surface area contributed by atoms with Crippen LogP contribution in [-0.2, 0) is 14.6 Å². The minimum atomic E-state index is 0.152. The highest BCUT2D eigenvalue weighted by Gasteiger charge is 2.14. The average molecular weight is 144 g/mol. The van der Waals surface area contributed by atoms with Gasteiger partial charge in [0.2, 0.25) is 0 Å². The van der Waals surface area contributed by atoms with Gasteiger partial charge in [0.1, 0.15) is 6.10 Å². The summed E-state index contributed by atoms with van der Waals surface area (Å²) in [5.41, 5.74) is 0. The fourth-order valence-electron chi connectivity index (χ4n) is 1.26. The van der Waals surface area contributed by atoms with E-state index in [1.54, 1.807) is 0 Å². The molecule has 3 heteroatoms. The number of carbonyl (C=O) groups is 1. The molecule has 0 amide bonds. The van der Waals surface area contributed by atoms with E-state index in [9.17, 15) is 4.79 Å². The summed E-state index contributed by atoms with van der Waals surface area (Å²) < 4.78 is 0. The monoisotopic (exact) mass is 144 g/mol. The molecule has 1 aliphatic carbocycles. The van der Waals surface area contributed by atoms with Crippen molar-refractivity contribution in [3.05, 3.63) is 0 Å². The fraction of sp³-hybridized carbons (Fsp3) is 0.857. The van der Waals surface area contributed by atoms with Gasteiger partial charge in [0, 0.05) is 0 Å². The van der Waals surface area contributed by atoms with Crippen molar-refractivity contribution in [1.29, 1.82) is 0 Å². The molecule has 0 heterocycles. The molecular formula is C7H12O3. The maximum absolute atomic E-state index is 9.70. The number of carbonyl (C=O) groups excluding carboxylic acids is 1. The molecule has 1 aliphatic rings. The Kier molecular flexibility index (Phi) is 3.22. The molecule has 3 nitrogen and oxygen atoms in total. The molecule has 0 aromatic rings. The van der Waals surface area contributed by atoms with E-state index in [0.717, 1.165) is 12.8 Å². The van der Waals surface area contributed by atoms with E-state index >= 15 is 0 Å². The Balaban J connectivity index is 2.07. The second-order valence-electron chi connectivity index (χ2n) is 2.55. The molecule has 0 unspecified atom stereocenters. The van der Waals surface area contributed by atoms with Crippen molar-refractivity contribution in [3.8, 4) is 0 Å². The molecule has 10 heavy (non-hydrogen) atoms. The second-order valence-corrected chi connectivity index (χ2v) is 2.55. The molecular weight excluding hydrogens is 132 g/mol. The molecule has 58 valence electrons. The molecule has 0 saturated heterocycles. The lowest BCUT2D eigenvalue weighted by Crippen LogP contribution is -2.16. The summed E-state index contributed by atoms with van der Waals surface area (Å²) in [5.74, 6) is 0. The first-order valence-electron chi connectivity index (χ1n) is 3.69. The van der Waals surface area contributed by atoms with Gasteiger partial charge in [0.25, 0.3) is 0 Å². The van der Waals surface area contributed by atoms with Crippen molar-refractivity contribution in [2.24, 2.45) is 0 Å². The summed E-state index contributed by atoms with van der Waals surface area (Å²) in [6.45, 7) is 0.328. The predicted molar refractivity (Wildman–Crippen MR) is 35.1 cm³/mol. The van der Waals surface area contributed by atoms with Crippen LogP contribution in [0.25, 0.3) is 0 Å². The minimum Gasteiger partial charge on any atom is -0.302 e. The zero-order chi connectivity index (χ0) is 7.23. The summed E-state index contributed by atoms with van der Waals surface area (Å²) in [6, 6.07) is 0. The third-order valence-electron chi connectivity index (χ3n) is 1.78. The quantitative estimate of drug-likeness (QED) is 0.341. The van der Waals surface area contributed by atoms with Crippen LogP contribution in [0.4, 0.5) is 0 Å². The number of hydrogen-bond donors (Lipinski definition) is 0. The summed E-state index contributed by atoms with van der Waals surface area (Å²) in [5, 5.41) is 0. The Morgan fingerprint density at radius 2 is 1.90 bits per heavy atom. The Morgan fingerprint density at radius 1 is 1.20 bits per heavy atom. The van der Waals surface area contributed by atoms with Crippen LogP contribution in [0.3, 0.4) is 0 Å². The van der Waals surface area contributed by atoms with Crippen LogP contribution >= 0.6 is 0 Å². The van der Waals surface area contributed by atoms with Gasteiger partial charge in [0.15, 0.2) is 0 Å². The smallest absolute Gasteiger partial charge is 0.302 e. The molecule has 1 fully saturated rings. The maximum Gasteiger partial charge on any atom is 0.330 e. The first kappa shape index (κ1) is 7.54.